The van der Waals surface area contributed by atoms with Gasteiger partial charge in [-0.25, -0.2) is 0 Å². The highest BCUT2D eigenvalue weighted by Gasteiger charge is 2.13. The number of nitrogens with two attached hydrogens (primary N) is 1. The number of benzene rings is 1. The number of hydrogen-bond donors (Lipinski definition) is 1. The summed E-state index contributed by atoms with van der Waals surface area (Å²) in [7, 11) is 0. The molecule has 1 rings (SSSR count). The van der Waals surface area contributed by atoms with Gasteiger partial charge in [-0.2, -0.15) is 0 Å². The summed E-state index contributed by atoms with van der Waals surface area (Å²) < 4.78 is 0. The normalized spacial score (nSPS) is 12.5. The van der Waals surface area contributed by atoms with Crippen molar-refractivity contribution in [3.05, 3.63) is 28.8 Å². The van der Waals surface area contributed by atoms with Crippen LogP contribution in [0.2, 0.25) is 5.02 Å². The SMILES string of the molecule is CCCN(CC)c1c(Cl)cccc1CC(C)N. The predicted octanol–water partition coefficient (Wildman–Crippen LogP) is 3.47. The number of para-hydroxylation sites is 1. The molecule has 0 saturated heterocycles. The quantitative estimate of drug-likeness (QED) is 0.842. The highest BCUT2D eigenvalue weighted by Crippen LogP contribution is 2.30. The van der Waals surface area contributed by atoms with Crippen LogP contribution < -0.4 is 10.6 Å². The molecule has 0 aliphatic carbocycles. The first-order valence-electron chi connectivity index (χ1n) is 6.38. The van der Waals surface area contributed by atoms with Crippen molar-refractivity contribution in [2.75, 3.05) is 18.0 Å². The van der Waals surface area contributed by atoms with E-state index in [1.165, 1.54) is 5.56 Å². The molecule has 0 aliphatic heterocycles. The fourth-order valence-electron chi connectivity index (χ4n) is 2.12. The van der Waals surface area contributed by atoms with Crippen molar-refractivity contribution < 1.29 is 0 Å². The maximum atomic E-state index is 6.34. The van der Waals surface area contributed by atoms with Gasteiger partial charge < -0.3 is 10.6 Å². The van der Waals surface area contributed by atoms with Gasteiger partial charge in [-0.15, -0.1) is 0 Å². The molecule has 0 bridgehead atoms. The molecule has 1 aromatic carbocycles. The van der Waals surface area contributed by atoms with Gasteiger partial charge in [-0.05, 0) is 38.3 Å². The average molecular weight is 255 g/mol. The van der Waals surface area contributed by atoms with Gasteiger partial charge in [0, 0.05) is 19.1 Å². The van der Waals surface area contributed by atoms with Crippen LogP contribution in [0.1, 0.15) is 32.8 Å². The van der Waals surface area contributed by atoms with E-state index >= 15 is 0 Å². The van der Waals surface area contributed by atoms with Crippen molar-refractivity contribution >= 4 is 17.3 Å². The van der Waals surface area contributed by atoms with Crippen molar-refractivity contribution in [1.29, 1.82) is 0 Å². The van der Waals surface area contributed by atoms with E-state index in [9.17, 15) is 0 Å². The van der Waals surface area contributed by atoms with Crippen LogP contribution in [0.15, 0.2) is 18.2 Å². The lowest BCUT2D eigenvalue weighted by molar-refractivity contribution is 0.726. The molecule has 96 valence electrons. The van der Waals surface area contributed by atoms with Crippen LogP contribution >= 0.6 is 11.6 Å². The van der Waals surface area contributed by atoms with E-state index in [0.29, 0.717) is 0 Å². The third-order valence-corrected chi connectivity index (χ3v) is 3.11. The molecular formula is C14H23ClN2. The Bertz CT molecular complexity index is 350. The highest BCUT2D eigenvalue weighted by molar-refractivity contribution is 6.33. The summed E-state index contributed by atoms with van der Waals surface area (Å²) in [6.07, 6.45) is 1.99. The minimum atomic E-state index is 0.160. The third-order valence-electron chi connectivity index (χ3n) is 2.80. The van der Waals surface area contributed by atoms with Crippen LogP contribution in [0.3, 0.4) is 0 Å². The van der Waals surface area contributed by atoms with Gasteiger partial charge in [0.1, 0.15) is 0 Å². The standard InChI is InChI=1S/C14H23ClN2/c1-4-9-17(5-2)14-12(10-11(3)16)7-6-8-13(14)15/h6-8,11H,4-5,9-10,16H2,1-3H3. The molecule has 0 aliphatic rings. The van der Waals surface area contributed by atoms with Crippen molar-refractivity contribution in [2.45, 2.75) is 39.7 Å². The molecule has 0 saturated carbocycles. The van der Waals surface area contributed by atoms with E-state index < -0.39 is 0 Å². The Labute approximate surface area is 110 Å². The second-order valence-corrected chi connectivity index (χ2v) is 4.92. The van der Waals surface area contributed by atoms with E-state index in [1.54, 1.807) is 0 Å². The Hall–Kier alpha value is -0.730. The summed E-state index contributed by atoms with van der Waals surface area (Å²) in [6, 6.07) is 6.25. The van der Waals surface area contributed by atoms with Crippen molar-refractivity contribution in [3.8, 4) is 0 Å². The molecule has 17 heavy (non-hydrogen) atoms. The number of rotatable bonds is 6. The Kier molecular flexibility index (Phi) is 5.79. The van der Waals surface area contributed by atoms with Crippen LogP contribution in [0.4, 0.5) is 5.69 Å². The monoisotopic (exact) mass is 254 g/mol. The second kappa shape index (κ2) is 6.87. The van der Waals surface area contributed by atoms with Gasteiger partial charge >= 0.3 is 0 Å². The zero-order valence-electron chi connectivity index (χ0n) is 11.0. The van der Waals surface area contributed by atoms with Crippen LogP contribution in [0.25, 0.3) is 0 Å². The first-order valence-corrected chi connectivity index (χ1v) is 6.75. The lowest BCUT2D eigenvalue weighted by Gasteiger charge is -2.27. The average Bonchev–Trinajstić information content (AvgIpc) is 2.26. The van der Waals surface area contributed by atoms with Crippen LogP contribution in [-0.2, 0) is 6.42 Å². The maximum Gasteiger partial charge on any atom is 0.0642 e. The van der Waals surface area contributed by atoms with E-state index in [4.69, 9.17) is 17.3 Å². The van der Waals surface area contributed by atoms with Crippen molar-refractivity contribution in [3.63, 3.8) is 0 Å². The molecule has 0 radical (unpaired) electrons. The molecule has 0 amide bonds. The van der Waals surface area contributed by atoms with Gasteiger partial charge in [-0.1, -0.05) is 30.7 Å². The summed E-state index contributed by atoms with van der Waals surface area (Å²) in [5.74, 6) is 0. The smallest absolute Gasteiger partial charge is 0.0642 e. The predicted molar refractivity (Wildman–Crippen MR) is 77.0 cm³/mol. The van der Waals surface area contributed by atoms with E-state index in [2.05, 4.69) is 24.8 Å². The molecule has 0 spiro atoms. The fourth-order valence-corrected chi connectivity index (χ4v) is 2.44. The molecular weight excluding hydrogens is 232 g/mol. The Morgan fingerprint density at radius 1 is 1.35 bits per heavy atom. The molecule has 2 N–H and O–H groups in total. The first-order chi connectivity index (χ1) is 8.10. The van der Waals surface area contributed by atoms with Crippen molar-refractivity contribution in [1.82, 2.24) is 0 Å². The lowest BCUT2D eigenvalue weighted by atomic mass is 10.0. The van der Waals surface area contributed by atoms with E-state index in [1.807, 2.05) is 19.1 Å². The van der Waals surface area contributed by atoms with Gasteiger partial charge in [0.25, 0.3) is 0 Å². The lowest BCUT2D eigenvalue weighted by Crippen LogP contribution is -2.26. The van der Waals surface area contributed by atoms with Gasteiger partial charge in [0.05, 0.1) is 10.7 Å². The Morgan fingerprint density at radius 2 is 2.06 bits per heavy atom. The third kappa shape index (κ3) is 3.90. The summed E-state index contributed by atoms with van der Waals surface area (Å²) >= 11 is 6.34. The van der Waals surface area contributed by atoms with Crippen LogP contribution in [0, 0.1) is 0 Å². The summed E-state index contributed by atoms with van der Waals surface area (Å²) in [4.78, 5) is 2.33. The van der Waals surface area contributed by atoms with Crippen LogP contribution in [-0.4, -0.2) is 19.1 Å². The Morgan fingerprint density at radius 3 is 2.59 bits per heavy atom. The maximum absolute atomic E-state index is 6.34. The molecule has 0 aromatic heterocycles. The second-order valence-electron chi connectivity index (χ2n) is 4.51. The summed E-state index contributed by atoms with van der Waals surface area (Å²) in [5.41, 5.74) is 8.31. The van der Waals surface area contributed by atoms with E-state index in [-0.39, 0.29) is 6.04 Å². The number of nitrogens with zero attached hydrogens (tertiary/aromatic N) is 1. The molecule has 3 heteroatoms. The number of anilines is 1. The van der Waals surface area contributed by atoms with Gasteiger partial charge in [0.15, 0.2) is 0 Å². The summed E-state index contributed by atoms with van der Waals surface area (Å²) in [5, 5.41) is 0.832. The molecule has 1 unspecified atom stereocenters. The van der Waals surface area contributed by atoms with E-state index in [0.717, 1.165) is 36.6 Å². The molecule has 0 heterocycles. The van der Waals surface area contributed by atoms with Crippen LogP contribution in [0.5, 0.6) is 0 Å². The first kappa shape index (κ1) is 14.3. The van der Waals surface area contributed by atoms with Gasteiger partial charge in [0.2, 0.25) is 0 Å². The highest BCUT2D eigenvalue weighted by atomic mass is 35.5. The largest absolute Gasteiger partial charge is 0.370 e. The molecule has 1 aromatic rings. The minimum Gasteiger partial charge on any atom is -0.370 e. The molecule has 1 atom stereocenters. The topological polar surface area (TPSA) is 29.3 Å². The molecule has 2 nitrogen and oxygen atoms in total. The summed E-state index contributed by atoms with van der Waals surface area (Å²) in [6.45, 7) is 8.38. The van der Waals surface area contributed by atoms with Gasteiger partial charge in [-0.3, -0.25) is 0 Å². The number of halogens is 1. The fraction of sp³-hybridized carbons (Fsp3) is 0.571. The zero-order chi connectivity index (χ0) is 12.8. The zero-order valence-corrected chi connectivity index (χ0v) is 11.8. The van der Waals surface area contributed by atoms with Crippen molar-refractivity contribution in [2.24, 2.45) is 5.73 Å². The Balaban J connectivity index is 3.08. The minimum absolute atomic E-state index is 0.160. The molecule has 0 fully saturated rings. The number of hydrogen-bond acceptors (Lipinski definition) is 2.